The molecule has 0 aromatic carbocycles. The van der Waals surface area contributed by atoms with E-state index in [1.54, 1.807) is 6.33 Å². The highest BCUT2D eigenvalue weighted by Gasteiger charge is 2.05. The minimum Gasteiger partial charge on any atom is -0.338 e. The van der Waals surface area contributed by atoms with E-state index in [0.717, 1.165) is 31.2 Å². The van der Waals surface area contributed by atoms with Gasteiger partial charge >= 0.3 is 0 Å². The van der Waals surface area contributed by atoms with E-state index in [1.165, 1.54) is 0 Å². The molecule has 1 N–H and O–H groups in total. The van der Waals surface area contributed by atoms with Gasteiger partial charge in [-0.25, -0.2) is 14.6 Å². The van der Waals surface area contributed by atoms with E-state index in [4.69, 9.17) is 0 Å². The Hall–Kier alpha value is -1.69. The van der Waals surface area contributed by atoms with Gasteiger partial charge in [0.15, 0.2) is 0 Å². The molecule has 0 fully saturated rings. The number of rotatable bonds is 5. The Morgan fingerprint density at radius 3 is 2.88 bits per heavy atom. The number of hydrogen-bond donors (Lipinski definition) is 1. The van der Waals surface area contributed by atoms with Crippen molar-refractivity contribution in [2.75, 3.05) is 7.05 Å². The van der Waals surface area contributed by atoms with Crippen molar-refractivity contribution >= 4 is 0 Å². The zero-order chi connectivity index (χ0) is 11.4. The van der Waals surface area contributed by atoms with Crippen LogP contribution in [0.4, 0.5) is 0 Å². The smallest absolute Gasteiger partial charge is 0.140 e. The first-order valence-corrected chi connectivity index (χ1v) is 5.28. The molecule has 0 saturated heterocycles. The lowest BCUT2D eigenvalue weighted by molar-refractivity contribution is 0.549. The summed E-state index contributed by atoms with van der Waals surface area (Å²) < 4.78 is 3.93. The minimum atomic E-state index is 0.737. The summed E-state index contributed by atoms with van der Waals surface area (Å²) in [5.74, 6) is 2.02. The maximum absolute atomic E-state index is 4.28. The number of nitrogens with one attached hydrogen (secondary N) is 1. The van der Waals surface area contributed by atoms with Crippen LogP contribution in [-0.2, 0) is 26.6 Å². The largest absolute Gasteiger partial charge is 0.338 e. The Bertz CT molecular complexity index is 444. The van der Waals surface area contributed by atoms with Crippen LogP contribution in [0.1, 0.15) is 11.6 Å². The van der Waals surface area contributed by atoms with Gasteiger partial charge in [0, 0.05) is 25.9 Å². The highest BCUT2D eigenvalue weighted by atomic mass is 15.3. The summed E-state index contributed by atoms with van der Waals surface area (Å²) in [6, 6.07) is 0. The zero-order valence-electron chi connectivity index (χ0n) is 9.59. The lowest BCUT2D eigenvalue weighted by Crippen LogP contribution is -2.15. The molecule has 2 aromatic rings. The van der Waals surface area contributed by atoms with E-state index in [9.17, 15) is 0 Å². The molecule has 0 radical (unpaired) electrons. The number of nitrogens with zero attached hydrogens (tertiary/aromatic N) is 5. The molecule has 6 heteroatoms. The molecule has 0 bridgehead atoms. The maximum atomic E-state index is 4.28. The Labute approximate surface area is 94.3 Å². The van der Waals surface area contributed by atoms with Crippen LogP contribution in [0, 0.1) is 0 Å². The third-order valence-corrected chi connectivity index (χ3v) is 2.50. The molecule has 2 heterocycles. The van der Waals surface area contributed by atoms with Crippen molar-refractivity contribution in [1.82, 2.24) is 29.6 Å². The van der Waals surface area contributed by atoms with Crippen LogP contribution in [0.3, 0.4) is 0 Å². The van der Waals surface area contributed by atoms with Crippen LogP contribution in [0.25, 0.3) is 0 Å². The van der Waals surface area contributed by atoms with E-state index in [2.05, 4.69) is 20.4 Å². The average molecular weight is 220 g/mol. The standard InChI is InChI=1S/C10H16N6/c1-11-7-10-13-8-14-16(10)5-3-9-12-4-6-15(9)2/h4,6,8,11H,3,5,7H2,1-2H3. The fraction of sp³-hybridized carbons (Fsp3) is 0.500. The van der Waals surface area contributed by atoms with Crippen molar-refractivity contribution in [3.63, 3.8) is 0 Å². The van der Waals surface area contributed by atoms with Crippen molar-refractivity contribution in [3.05, 3.63) is 30.4 Å². The molecule has 0 atom stereocenters. The van der Waals surface area contributed by atoms with Crippen LogP contribution in [0.5, 0.6) is 0 Å². The summed E-state index contributed by atoms with van der Waals surface area (Å²) in [4.78, 5) is 8.47. The van der Waals surface area contributed by atoms with Crippen LogP contribution in [0.2, 0.25) is 0 Å². The van der Waals surface area contributed by atoms with Gasteiger partial charge in [0.2, 0.25) is 0 Å². The Morgan fingerprint density at radius 2 is 2.19 bits per heavy atom. The number of hydrogen-bond acceptors (Lipinski definition) is 4. The second kappa shape index (κ2) is 4.89. The highest BCUT2D eigenvalue weighted by Crippen LogP contribution is 2.00. The van der Waals surface area contributed by atoms with Gasteiger partial charge < -0.3 is 9.88 Å². The predicted molar refractivity (Wildman–Crippen MR) is 59.7 cm³/mol. The number of aryl methyl sites for hydroxylation is 3. The highest BCUT2D eigenvalue weighted by molar-refractivity contribution is 4.92. The second-order valence-electron chi connectivity index (χ2n) is 3.63. The van der Waals surface area contributed by atoms with E-state index >= 15 is 0 Å². The lowest BCUT2D eigenvalue weighted by atomic mass is 10.4. The first kappa shape index (κ1) is 10.8. The van der Waals surface area contributed by atoms with Gasteiger partial charge in [0.05, 0.1) is 13.1 Å². The molecule has 16 heavy (non-hydrogen) atoms. The van der Waals surface area contributed by atoms with Gasteiger partial charge in [0.1, 0.15) is 18.0 Å². The number of imidazole rings is 1. The fourth-order valence-electron chi connectivity index (χ4n) is 1.61. The Balaban J connectivity index is 1.99. The summed E-state index contributed by atoms with van der Waals surface area (Å²) in [6.07, 6.45) is 6.21. The molecule has 0 aliphatic heterocycles. The summed E-state index contributed by atoms with van der Waals surface area (Å²) in [7, 11) is 3.90. The van der Waals surface area contributed by atoms with Gasteiger partial charge in [-0.15, -0.1) is 0 Å². The summed E-state index contributed by atoms with van der Waals surface area (Å²) in [5.41, 5.74) is 0. The molecule has 86 valence electrons. The first-order valence-electron chi connectivity index (χ1n) is 5.28. The van der Waals surface area contributed by atoms with Crippen molar-refractivity contribution in [1.29, 1.82) is 0 Å². The molecule has 0 spiro atoms. The monoisotopic (exact) mass is 220 g/mol. The summed E-state index contributed by atoms with van der Waals surface area (Å²) >= 11 is 0. The molecule has 0 unspecified atom stereocenters. The van der Waals surface area contributed by atoms with E-state index in [1.807, 2.05) is 35.7 Å². The first-order chi connectivity index (χ1) is 7.81. The molecule has 0 aliphatic carbocycles. The van der Waals surface area contributed by atoms with Gasteiger partial charge in [-0.1, -0.05) is 0 Å². The molecule has 2 aromatic heterocycles. The van der Waals surface area contributed by atoms with Crippen LogP contribution in [-0.4, -0.2) is 31.4 Å². The summed E-state index contributed by atoms with van der Waals surface area (Å²) in [5, 5.41) is 7.26. The molecule has 0 aliphatic rings. The SMILES string of the molecule is CNCc1ncnn1CCc1nccn1C. The van der Waals surface area contributed by atoms with Crippen molar-refractivity contribution < 1.29 is 0 Å². The Morgan fingerprint density at radius 1 is 1.31 bits per heavy atom. The second-order valence-corrected chi connectivity index (χ2v) is 3.63. The minimum absolute atomic E-state index is 0.737. The van der Waals surface area contributed by atoms with Crippen molar-refractivity contribution in [3.8, 4) is 0 Å². The van der Waals surface area contributed by atoms with Gasteiger partial charge in [0.25, 0.3) is 0 Å². The third-order valence-electron chi connectivity index (χ3n) is 2.50. The van der Waals surface area contributed by atoms with Crippen LogP contribution < -0.4 is 5.32 Å². The molecule has 0 saturated carbocycles. The molecule has 0 amide bonds. The van der Waals surface area contributed by atoms with Gasteiger partial charge in [-0.05, 0) is 7.05 Å². The van der Waals surface area contributed by atoms with Gasteiger partial charge in [-0.2, -0.15) is 5.10 Å². The van der Waals surface area contributed by atoms with E-state index in [0.29, 0.717) is 0 Å². The number of aromatic nitrogens is 5. The van der Waals surface area contributed by atoms with Gasteiger partial charge in [-0.3, -0.25) is 0 Å². The van der Waals surface area contributed by atoms with E-state index < -0.39 is 0 Å². The van der Waals surface area contributed by atoms with Crippen molar-refractivity contribution in [2.45, 2.75) is 19.5 Å². The maximum Gasteiger partial charge on any atom is 0.140 e. The van der Waals surface area contributed by atoms with Crippen LogP contribution in [0.15, 0.2) is 18.7 Å². The normalized spacial score (nSPS) is 10.9. The zero-order valence-corrected chi connectivity index (χ0v) is 9.59. The molecular formula is C10H16N6. The fourth-order valence-corrected chi connectivity index (χ4v) is 1.61. The van der Waals surface area contributed by atoms with E-state index in [-0.39, 0.29) is 0 Å². The average Bonchev–Trinajstić information content (AvgIpc) is 2.86. The molecule has 6 nitrogen and oxygen atoms in total. The molecule has 2 rings (SSSR count). The molecular weight excluding hydrogens is 204 g/mol. The topological polar surface area (TPSA) is 60.6 Å². The van der Waals surface area contributed by atoms with Crippen molar-refractivity contribution in [2.24, 2.45) is 7.05 Å². The quantitative estimate of drug-likeness (QED) is 0.769. The van der Waals surface area contributed by atoms with Crippen LogP contribution >= 0.6 is 0 Å². The lowest BCUT2D eigenvalue weighted by Gasteiger charge is -2.05. The predicted octanol–water partition coefficient (Wildman–Crippen LogP) is -0.0263. The Kier molecular flexibility index (Phi) is 3.31. The summed E-state index contributed by atoms with van der Waals surface area (Å²) in [6.45, 7) is 1.54. The third kappa shape index (κ3) is 2.27.